The SMILES string of the molecule is CNc1ncccc1CN1CCOc2ccccc2C1=O. The van der Waals surface area contributed by atoms with Gasteiger partial charge in [-0.3, -0.25) is 4.79 Å². The van der Waals surface area contributed by atoms with Crippen LogP contribution in [0.4, 0.5) is 5.82 Å². The van der Waals surface area contributed by atoms with Gasteiger partial charge < -0.3 is 15.0 Å². The lowest BCUT2D eigenvalue weighted by molar-refractivity contribution is 0.0743. The molecule has 0 spiro atoms. The number of hydrogen-bond donors (Lipinski definition) is 1. The summed E-state index contributed by atoms with van der Waals surface area (Å²) in [5.74, 6) is 1.45. The Kier molecular flexibility index (Phi) is 3.73. The lowest BCUT2D eigenvalue weighted by Crippen LogP contribution is -2.32. The van der Waals surface area contributed by atoms with Gasteiger partial charge in [-0.2, -0.15) is 0 Å². The van der Waals surface area contributed by atoms with E-state index in [1.54, 1.807) is 17.2 Å². The third kappa shape index (κ3) is 2.67. The van der Waals surface area contributed by atoms with Crippen molar-refractivity contribution < 1.29 is 9.53 Å². The normalized spacial score (nSPS) is 14.1. The first-order chi connectivity index (χ1) is 10.3. The first kappa shape index (κ1) is 13.4. The molecule has 0 saturated carbocycles. The summed E-state index contributed by atoms with van der Waals surface area (Å²) in [6.07, 6.45) is 1.73. The number of carbonyl (C=O) groups excluding carboxylic acids is 1. The molecule has 3 rings (SSSR count). The Hall–Kier alpha value is -2.56. The second-order valence-corrected chi connectivity index (χ2v) is 4.83. The fourth-order valence-corrected chi connectivity index (χ4v) is 2.45. The fraction of sp³-hybridized carbons (Fsp3) is 0.250. The van der Waals surface area contributed by atoms with Crippen LogP contribution in [-0.4, -0.2) is 36.0 Å². The molecule has 0 saturated heterocycles. The van der Waals surface area contributed by atoms with Gasteiger partial charge in [-0.25, -0.2) is 4.98 Å². The van der Waals surface area contributed by atoms with Crippen LogP contribution in [0.2, 0.25) is 0 Å². The van der Waals surface area contributed by atoms with Crippen molar-refractivity contribution in [1.29, 1.82) is 0 Å². The third-order valence-electron chi connectivity index (χ3n) is 3.51. The van der Waals surface area contributed by atoms with Gasteiger partial charge in [0.05, 0.1) is 12.1 Å². The molecule has 0 aliphatic carbocycles. The van der Waals surface area contributed by atoms with Gasteiger partial charge in [-0.1, -0.05) is 18.2 Å². The summed E-state index contributed by atoms with van der Waals surface area (Å²) in [6.45, 7) is 1.57. The van der Waals surface area contributed by atoms with Gasteiger partial charge >= 0.3 is 0 Å². The highest BCUT2D eigenvalue weighted by molar-refractivity contribution is 5.97. The fourth-order valence-electron chi connectivity index (χ4n) is 2.45. The summed E-state index contributed by atoms with van der Waals surface area (Å²) in [7, 11) is 1.83. The maximum absolute atomic E-state index is 12.6. The van der Waals surface area contributed by atoms with Gasteiger partial charge in [0.15, 0.2) is 0 Å². The zero-order chi connectivity index (χ0) is 14.7. The van der Waals surface area contributed by atoms with E-state index in [1.807, 2.05) is 37.4 Å². The van der Waals surface area contributed by atoms with Crippen LogP contribution in [0.5, 0.6) is 5.75 Å². The molecular weight excluding hydrogens is 266 g/mol. The van der Waals surface area contributed by atoms with Gasteiger partial charge in [0.2, 0.25) is 0 Å². The van der Waals surface area contributed by atoms with Crippen LogP contribution in [0, 0.1) is 0 Å². The van der Waals surface area contributed by atoms with E-state index in [0.29, 0.717) is 31.0 Å². The highest BCUT2D eigenvalue weighted by Gasteiger charge is 2.23. The summed E-state index contributed by atoms with van der Waals surface area (Å²) in [5, 5.41) is 3.05. The maximum Gasteiger partial charge on any atom is 0.258 e. The predicted octanol–water partition coefficient (Wildman–Crippen LogP) is 2.16. The number of amides is 1. The average Bonchev–Trinajstić information content (AvgIpc) is 2.68. The molecule has 1 aliphatic heterocycles. The largest absolute Gasteiger partial charge is 0.491 e. The second-order valence-electron chi connectivity index (χ2n) is 4.83. The lowest BCUT2D eigenvalue weighted by atomic mass is 10.1. The number of nitrogens with one attached hydrogen (secondary N) is 1. The summed E-state index contributed by atoms with van der Waals surface area (Å²) in [6, 6.07) is 11.2. The molecule has 0 atom stereocenters. The standard InChI is InChI=1S/C16H17N3O2/c1-17-15-12(5-4-8-18-15)11-19-9-10-21-14-7-3-2-6-13(14)16(19)20/h2-8H,9-11H2,1H3,(H,17,18). The Balaban J connectivity index is 1.88. The van der Waals surface area contributed by atoms with E-state index in [2.05, 4.69) is 10.3 Å². The van der Waals surface area contributed by atoms with Gasteiger partial charge in [0.1, 0.15) is 18.2 Å². The van der Waals surface area contributed by atoms with E-state index >= 15 is 0 Å². The van der Waals surface area contributed by atoms with Crippen LogP contribution in [-0.2, 0) is 6.54 Å². The molecule has 1 amide bonds. The quantitative estimate of drug-likeness (QED) is 0.938. The van der Waals surface area contributed by atoms with E-state index < -0.39 is 0 Å². The first-order valence-electron chi connectivity index (χ1n) is 6.92. The summed E-state index contributed by atoms with van der Waals surface area (Å²) in [4.78, 5) is 18.7. The van der Waals surface area contributed by atoms with Crippen LogP contribution in [0.25, 0.3) is 0 Å². The monoisotopic (exact) mass is 283 g/mol. The first-order valence-corrected chi connectivity index (χ1v) is 6.92. The van der Waals surface area contributed by atoms with Crippen molar-refractivity contribution >= 4 is 11.7 Å². The molecule has 1 aromatic heterocycles. The Labute approximate surface area is 123 Å². The van der Waals surface area contributed by atoms with Crippen LogP contribution in [0.1, 0.15) is 15.9 Å². The van der Waals surface area contributed by atoms with Gasteiger partial charge in [0, 0.05) is 25.4 Å². The molecule has 2 aromatic rings. The van der Waals surface area contributed by atoms with E-state index in [9.17, 15) is 4.79 Å². The molecule has 0 bridgehead atoms. The Bertz CT molecular complexity index is 657. The third-order valence-corrected chi connectivity index (χ3v) is 3.51. The van der Waals surface area contributed by atoms with Crippen molar-refractivity contribution in [3.05, 3.63) is 53.7 Å². The number of ether oxygens (including phenoxy) is 1. The van der Waals surface area contributed by atoms with Crippen molar-refractivity contribution in [3.8, 4) is 5.75 Å². The number of pyridine rings is 1. The van der Waals surface area contributed by atoms with Crippen LogP contribution < -0.4 is 10.1 Å². The van der Waals surface area contributed by atoms with E-state index in [4.69, 9.17) is 4.74 Å². The number of hydrogen-bond acceptors (Lipinski definition) is 4. The highest BCUT2D eigenvalue weighted by Crippen LogP contribution is 2.24. The average molecular weight is 283 g/mol. The molecule has 0 fully saturated rings. The Morgan fingerprint density at radius 2 is 2.14 bits per heavy atom. The molecule has 0 unspecified atom stereocenters. The highest BCUT2D eigenvalue weighted by atomic mass is 16.5. The van der Waals surface area contributed by atoms with E-state index in [0.717, 1.165) is 11.4 Å². The molecule has 1 aliphatic rings. The van der Waals surface area contributed by atoms with Crippen molar-refractivity contribution in [3.63, 3.8) is 0 Å². The molecule has 21 heavy (non-hydrogen) atoms. The van der Waals surface area contributed by atoms with Crippen molar-refractivity contribution in [2.75, 3.05) is 25.5 Å². The van der Waals surface area contributed by atoms with Gasteiger partial charge in [-0.15, -0.1) is 0 Å². The number of anilines is 1. The molecule has 1 N–H and O–H groups in total. The number of aromatic nitrogens is 1. The minimum atomic E-state index is -0.00555. The van der Waals surface area contributed by atoms with Crippen molar-refractivity contribution in [1.82, 2.24) is 9.88 Å². The number of rotatable bonds is 3. The van der Waals surface area contributed by atoms with Crippen molar-refractivity contribution in [2.45, 2.75) is 6.54 Å². The maximum atomic E-state index is 12.6. The second kappa shape index (κ2) is 5.83. The smallest absolute Gasteiger partial charge is 0.258 e. The molecule has 5 nitrogen and oxygen atoms in total. The van der Waals surface area contributed by atoms with Crippen LogP contribution in [0.15, 0.2) is 42.6 Å². The minimum Gasteiger partial charge on any atom is -0.491 e. The topological polar surface area (TPSA) is 54.5 Å². The zero-order valence-corrected chi connectivity index (χ0v) is 11.9. The van der Waals surface area contributed by atoms with Gasteiger partial charge in [0.25, 0.3) is 5.91 Å². The van der Waals surface area contributed by atoms with E-state index in [-0.39, 0.29) is 5.91 Å². The molecule has 0 radical (unpaired) electrons. The summed E-state index contributed by atoms with van der Waals surface area (Å²) >= 11 is 0. The zero-order valence-electron chi connectivity index (χ0n) is 11.9. The summed E-state index contributed by atoms with van der Waals surface area (Å²) < 4.78 is 5.65. The number of carbonyl (C=O) groups is 1. The number of nitrogens with zero attached hydrogens (tertiary/aromatic N) is 2. The lowest BCUT2D eigenvalue weighted by Gasteiger charge is -2.21. The number of fused-ring (bicyclic) bond motifs is 1. The number of benzene rings is 1. The van der Waals surface area contributed by atoms with Gasteiger partial charge in [-0.05, 0) is 18.2 Å². The molecular formula is C16H17N3O2. The van der Waals surface area contributed by atoms with E-state index in [1.165, 1.54) is 0 Å². The molecule has 5 heteroatoms. The number of para-hydroxylation sites is 1. The molecule has 108 valence electrons. The van der Waals surface area contributed by atoms with Crippen LogP contribution >= 0.6 is 0 Å². The van der Waals surface area contributed by atoms with Crippen molar-refractivity contribution in [2.24, 2.45) is 0 Å². The van der Waals surface area contributed by atoms with Crippen LogP contribution in [0.3, 0.4) is 0 Å². The summed E-state index contributed by atoms with van der Waals surface area (Å²) in [5.41, 5.74) is 1.61. The Morgan fingerprint density at radius 3 is 3.00 bits per heavy atom. The minimum absolute atomic E-state index is 0.00555. The Morgan fingerprint density at radius 1 is 1.29 bits per heavy atom. The predicted molar refractivity (Wildman–Crippen MR) is 80.5 cm³/mol. The molecule has 2 heterocycles. The molecule has 1 aromatic carbocycles.